The highest BCUT2D eigenvalue weighted by Gasteiger charge is 2.20. The van der Waals surface area contributed by atoms with E-state index in [1.54, 1.807) is 0 Å². The third-order valence-electron chi connectivity index (χ3n) is 0.966. The van der Waals surface area contributed by atoms with Crippen LogP contribution >= 0.6 is 0 Å². The number of rotatable bonds is 4. The predicted octanol–water partition coefficient (Wildman–Crippen LogP) is -2.17. The molecule has 0 aromatic carbocycles. The zero-order valence-corrected chi connectivity index (χ0v) is 6.44. The molecule has 0 saturated heterocycles. The van der Waals surface area contributed by atoms with Crippen molar-refractivity contribution in [2.75, 3.05) is 7.05 Å². The molecule has 0 saturated carbocycles. The molecule has 0 aromatic heterocycles. The third kappa shape index (κ3) is 3.86. The SMILES string of the molecule is CNOC(=O)C(O)CC(=O)ON. The Bertz CT molecular complexity index is 171. The number of aliphatic hydroxyl groups excluding tert-OH is 1. The molecule has 12 heavy (non-hydrogen) atoms. The fourth-order valence-corrected chi connectivity index (χ4v) is 0.458. The minimum absolute atomic E-state index is 0.531. The molecular weight excluding hydrogens is 168 g/mol. The van der Waals surface area contributed by atoms with Gasteiger partial charge in [0.2, 0.25) is 0 Å². The summed E-state index contributed by atoms with van der Waals surface area (Å²) in [5, 5.41) is 8.88. The van der Waals surface area contributed by atoms with Gasteiger partial charge in [-0.15, -0.1) is 0 Å². The molecule has 4 N–H and O–H groups in total. The third-order valence-corrected chi connectivity index (χ3v) is 0.966. The van der Waals surface area contributed by atoms with Crippen LogP contribution in [0.1, 0.15) is 6.42 Å². The van der Waals surface area contributed by atoms with Crippen LogP contribution < -0.4 is 11.4 Å². The summed E-state index contributed by atoms with van der Waals surface area (Å²) in [5.74, 6) is 2.60. The molecule has 7 heteroatoms. The van der Waals surface area contributed by atoms with Gasteiger partial charge in [0.15, 0.2) is 6.10 Å². The molecule has 0 rings (SSSR count). The summed E-state index contributed by atoms with van der Waals surface area (Å²) in [4.78, 5) is 28.9. The normalized spacial score (nSPS) is 11.9. The highest BCUT2D eigenvalue weighted by molar-refractivity contribution is 5.81. The number of carbonyl (C=O) groups is 2. The lowest BCUT2D eigenvalue weighted by Crippen LogP contribution is -2.30. The van der Waals surface area contributed by atoms with Gasteiger partial charge in [-0.1, -0.05) is 0 Å². The molecule has 0 bridgehead atoms. The highest BCUT2D eigenvalue weighted by atomic mass is 16.7. The van der Waals surface area contributed by atoms with Gasteiger partial charge in [-0.05, 0) is 0 Å². The average molecular weight is 178 g/mol. The van der Waals surface area contributed by atoms with Crippen LogP contribution in [0.4, 0.5) is 0 Å². The van der Waals surface area contributed by atoms with Crippen LogP contribution in [-0.4, -0.2) is 30.2 Å². The number of hydroxylamine groups is 1. The zero-order valence-electron chi connectivity index (χ0n) is 6.44. The first-order chi connectivity index (χ1) is 5.61. The van der Waals surface area contributed by atoms with Crippen molar-refractivity contribution in [3.8, 4) is 0 Å². The molecule has 0 aliphatic carbocycles. The molecule has 0 radical (unpaired) electrons. The maximum atomic E-state index is 10.6. The number of aliphatic hydroxyl groups is 1. The largest absolute Gasteiger partial charge is 0.381 e. The molecule has 0 aromatic rings. The first-order valence-electron chi connectivity index (χ1n) is 3.06. The Morgan fingerprint density at radius 1 is 1.67 bits per heavy atom. The maximum absolute atomic E-state index is 10.6. The van der Waals surface area contributed by atoms with Gasteiger partial charge in [0, 0.05) is 7.05 Å². The molecule has 7 nitrogen and oxygen atoms in total. The van der Waals surface area contributed by atoms with Crippen molar-refractivity contribution >= 4 is 11.9 Å². The summed E-state index contributed by atoms with van der Waals surface area (Å²) in [6.45, 7) is 0. The summed E-state index contributed by atoms with van der Waals surface area (Å²) in [5.41, 5.74) is 2.05. The Hall–Kier alpha value is -1.18. The van der Waals surface area contributed by atoms with Gasteiger partial charge >= 0.3 is 11.9 Å². The molecule has 0 aliphatic rings. The lowest BCUT2D eigenvalue weighted by molar-refractivity contribution is -0.165. The molecule has 1 atom stereocenters. The van der Waals surface area contributed by atoms with E-state index in [9.17, 15) is 9.59 Å². The van der Waals surface area contributed by atoms with Crippen LogP contribution in [0.25, 0.3) is 0 Å². The molecule has 1 unspecified atom stereocenters. The molecule has 70 valence electrons. The standard InChI is InChI=1S/C5H10N2O5/c1-7-12-5(10)3(8)2-4(9)11-6/h3,7-8H,2,6H2,1H3. The number of carbonyl (C=O) groups excluding carboxylic acids is 2. The van der Waals surface area contributed by atoms with E-state index >= 15 is 0 Å². The maximum Gasteiger partial charge on any atom is 0.354 e. The van der Waals surface area contributed by atoms with Gasteiger partial charge in [0.05, 0.1) is 6.42 Å². The van der Waals surface area contributed by atoms with Crippen molar-refractivity contribution in [2.24, 2.45) is 5.90 Å². The average Bonchev–Trinajstić information content (AvgIpc) is 2.04. The Morgan fingerprint density at radius 2 is 2.25 bits per heavy atom. The summed E-state index contributed by atoms with van der Waals surface area (Å²) >= 11 is 0. The smallest absolute Gasteiger partial charge is 0.354 e. The van der Waals surface area contributed by atoms with Crippen LogP contribution in [0.15, 0.2) is 0 Å². The van der Waals surface area contributed by atoms with Crippen LogP contribution in [0, 0.1) is 0 Å². The molecule has 0 heterocycles. The number of nitrogens with one attached hydrogen (secondary N) is 1. The van der Waals surface area contributed by atoms with Gasteiger partial charge in [-0.2, -0.15) is 11.4 Å². The van der Waals surface area contributed by atoms with Crippen molar-refractivity contribution in [3.05, 3.63) is 0 Å². The van der Waals surface area contributed by atoms with Crippen molar-refractivity contribution in [3.63, 3.8) is 0 Å². The Morgan fingerprint density at radius 3 is 2.67 bits per heavy atom. The number of hydrogen-bond donors (Lipinski definition) is 3. The van der Waals surface area contributed by atoms with Crippen molar-refractivity contribution in [1.29, 1.82) is 0 Å². The minimum Gasteiger partial charge on any atom is -0.381 e. The van der Waals surface area contributed by atoms with Gasteiger partial charge in [-0.3, -0.25) is 4.79 Å². The van der Waals surface area contributed by atoms with E-state index in [2.05, 4.69) is 15.6 Å². The van der Waals surface area contributed by atoms with E-state index in [0.29, 0.717) is 0 Å². The van der Waals surface area contributed by atoms with Crippen molar-refractivity contribution in [2.45, 2.75) is 12.5 Å². The molecule has 0 fully saturated rings. The van der Waals surface area contributed by atoms with Crippen LogP contribution in [0.2, 0.25) is 0 Å². The zero-order chi connectivity index (χ0) is 9.56. The molecule has 0 spiro atoms. The van der Waals surface area contributed by atoms with Crippen LogP contribution in [0.5, 0.6) is 0 Å². The predicted molar refractivity (Wildman–Crippen MR) is 36.1 cm³/mol. The Labute approximate surface area is 68.3 Å². The minimum atomic E-state index is -1.56. The van der Waals surface area contributed by atoms with Gasteiger partial charge in [0.25, 0.3) is 0 Å². The first kappa shape index (κ1) is 10.8. The monoisotopic (exact) mass is 178 g/mol. The number of hydrogen-bond acceptors (Lipinski definition) is 7. The number of nitrogens with two attached hydrogens (primary N) is 1. The van der Waals surface area contributed by atoms with Gasteiger partial charge in [-0.25, -0.2) is 4.79 Å². The summed E-state index contributed by atoms with van der Waals surface area (Å²) in [6, 6.07) is 0. The molecule has 0 amide bonds. The second-order valence-corrected chi connectivity index (χ2v) is 1.84. The lowest BCUT2D eigenvalue weighted by atomic mass is 10.3. The Kier molecular flexibility index (Phi) is 4.93. The second-order valence-electron chi connectivity index (χ2n) is 1.84. The van der Waals surface area contributed by atoms with E-state index in [1.807, 2.05) is 5.48 Å². The van der Waals surface area contributed by atoms with E-state index < -0.39 is 24.5 Å². The van der Waals surface area contributed by atoms with Gasteiger partial charge < -0.3 is 14.8 Å². The van der Waals surface area contributed by atoms with Crippen molar-refractivity contribution < 1.29 is 24.4 Å². The lowest BCUT2D eigenvalue weighted by Gasteiger charge is -2.06. The molecule has 0 aliphatic heterocycles. The van der Waals surface area contributed by atoms with E-state index in [4.69, 9.17) is 5.11 Å². The topological polar surface area (TPSA) is 111 Å². The highest BCUT2D eigenvalue weighted by Crippen LogP contribution is 1.94. The second kappa shape index (κ2) is 5.47. The summed E-state index contributed by atoms with van der Waals surface area (Å²) < 4.78 is 0. The summed E-state index contributed by atoms with van der Waals surface area (Å²) in [7, 11) is 1.34. The van der Waals surface area contributed by atoms with E-state index in [0.717, 1.165) is 0 Å². The summed E-state index contributed by atoms with van der Waals surface area (Å²) in [6.07, 6.45) is -2.09. The van der Waals surface area contributed by atoms with E-state index in [-0.39, 0.29) is 0 Å². The fourth-order valence-electron chi connectivity index (χ4n) is 0.458. The quantitative estimate of drug-likeness (QED) is 0.420. The van der Waals surface area contributed by atoms with E-state index in [1.165, 1.54) is 7.05 Å². The molecular formula is C5H10N2O5. The van der Waals surface area contributed by atoms with Crippen molar-refractivity contribution in [1.82, 2.24) is 5.48 Å². The van der Waals surface area contributed by atoms with Crippen LogP contribution in [-0.2, 0) is 19.3 Å². The first-order valence-corrected chi connectivity index (χ1v) is 3.06. The fraction of sp³-hybridized carbons (Fsp3) is 0.600. The van der Waals surface area contributed by atoms with Crippen LogP contribution in [0.3, 0.4) is 0 Å². The van der Waals surface area contributed by atoms with Gasteiger partial charge in [0.1, 0.15) is 0 Å². The Balaban J connectivity index is 3.78.